The van der Waals surface area contributed by atoms with Gasteiger partial charge in [0.25, 0.3) is 0 Å². The first-order valence-corrected chi connectivity index (χ1v) is 5.32. The second-order valence-corrected chi connectivity index (χ2v) is 3.60. The molecule has 6 heteroatoms. The predicted octanol–water partition coefficient (Wildman–Crippen LogP) is 1.61. The summed E-state index contributed by atoms with van der Waals surface area (Å²) in [5.74, 6) is 1.60. The van der Waals surface area contributed by atoms with Gasteiger partial charge in [-0.15, -0.1) is 0 Å². The minimum atomic E-state index is -1.84. The van der Waals surface area contributed by atoms with Crippen LogP contribution in [0.1, 0.15) is 0 Å². The summed E-state index contributed by atoms with van der Waals surface area (Å²) in [5.41, 5.74) is 0. The molecule has 0 aromatic heterocycles. The molecule has 0 N–H and O–H groups in total. The molecule has 1 unspecified atom stereocenters. The number of benzene rings is 1. The first-order chi connectivity index (χ1) is 6.25. The van der Waals surface area contributed by atoms with Crippen molar-refractivity contribution in [1.29, 1.82) is 0 Å². The van der Waals surface area contributed by atoms with Crippen LogP contribution in [-0.4, -0.2) is 11.0 Å². The molecule has 1 aromatic rings. The lowest BCUT2D eigenvalue weighted by Crippen LogP contribution is -1.93. The second kappa shape index (κ2) is 3.43. The second-order valence-electron chi connectivity index (χ2n) is 2.29. The van der Waals surface area contributed by atoms with Crippen molar-refractivity contribution >= 4 is 21.0 Å². The lowest BCUT2D eigenvalue weighted by Gasteiger charge is -2.00. The highest BCUT2D eigenvalue weighted by atomic mass is 35.7. The minimum Gasteiger partial charge on any atom is -0.454 e. The van der Waals surface area contributed by atoms with Crippen LogP contribution in [0.2, 0.25) is 0 Å². The molecule has 2 rings (SSSR count). The Morgan fingerprint density at radius 1 is 1.38 bits per heavy atom. The Bertz CT molecular complexity index is 354. The van der Waals surface area contributed by atoms with E-state index in [0.29, 0.717) is 17.2 Å². The number of ether oxygens (including phenoxy) is 2. The monoisotopic (exact) mass is 220 g/mol. The van der Waals surface area contributed by atoms with Gasteiger partial charge in [0.2, 0.25) is 6.79 Å². The summed E-state index contributed by atoms with van der Waals surface area (Å²) in [6.07, 6.45) is 0. The number of fused-ring (bicyclic) bond motifs is 1. The van der Waals surface area contributed by atoms with Gasteiger partial charge in [0.15, 0.2) is 11.5 Å². The van der Waals surface area contributed by atoms with Crippen LogP contribution in [0.3, 0.4) is 0 Å². The van der Waals surface area contributed by atoms with Crippen molar-refractivity contribution in [3.63, 3.8) is 0 Å². The van der Waals surface area contributed by atoms with Crippen LogP contribution in [0.25, 0.3) is 0 Å². The Morgan fingerprint density at radius 2 is 2.15 bits per heavy atom. The van der Waals surface area contributed by atoms with E-state index < -0.39 is 10.3 Å². The van der Waals surface area contributed by atoms with Crippen LogP contribution < -0.4 is 13.7 Å². The number of rotatable bonds is 2. The topological polar surface area (TPSA) is 44.8 Å². The summed E-state index contributed by atoms with van der Waals surface area (Å²) >= 11 is 0. The predicted molar refractivity (Wildman–Crippen MR) is 47.2 cm³/mol. The Labute approximate surface area is 81.5 Å². The van der Waals surface area contributed by atoms with Gasteiger partial charge in [0.05, 0.1) is 0 Å². The Morgan fingerprint density at radius 3 is 2.92 bits per heavy atom. The van der Waals surface area contributed by atoms with Gasteiger partial charge < -0.3 is 13.7 Å². The average Bonchev–Trinajstić information content (AvgIpc) is 2.49. The Balaban J connectivity index is 2.25. The van der Waals surface area contributed by atoms with Crippen molar-refractivity contribution in [3.05, 3.63) is 18.2 Å². The standard InChI is InChI=1S/C7H5ClO4S/c8-13(9)12-5-1-2-6-7(3-5)11-4-10-6/h1-3H,4H2. The fraction of sp³-hybridized carbons (Fsp3) is 0.143. The molecule has 0 saturated carbocycles. The van der Waals surface area contributed by atoms with Gasteiger partial charge in [-0.2, -0.15) is 4.21 Å². The average molecular weight is 221 g/mol. The van der Waals surface area contributed by atoms with E-state index in [1.165, 1.54) is 0 Å². The lowest BCUT2D eigenvalue weighted by atomic mass is 10.3. The lowest BCUT2D eigenvalue weighted by molar-refractivity contribution is 0.174. The van der Waals surface area contributed by atoms with Crippen molar-refractivity contribution in [2.24, 2.45) is 0 Å². The van der Waals surface area contributed by atoms with Gasteiger partial charge >= 0.3 is 10.3 Å². The minimum absolute atomic E-state index is 0.197. The Hall–Kier alpha value is -0.940. The molecule has 1 aromatic carbocycles. The zero-order valence-electron chi connectivity index (χ0n) is 6.36. The van der Waals surface area contributed by atoms with Gasteiger partial charge in [0, 0.05) is 16.7 Å². The van der Waals surface area contributed by atoms with Crippen LogP contribution in [0, 0.1) is 0 Å². The van der Waals surface area contributed by atoms with Gasteiger partial charge in [-0.05, 0) is 12.1 Å². The van der Waals surface area contributed by atoms with Crippen molar-refractivity contribution in [2.75, 3.05) is 6.79 Å². The summed E-state index contributed by atoms with van der Waals surface area (Å²) in [6.45, 7) is 0.197. The van der Waals surface area contributed by atoms with Gasteiger partial charge in [0.1, 0.15) is 5.75 Å². The SMILES string of the molecule is O=S(Cl)Oc1ccc2c(c1)OCO2. The quantitative estimate of drug-likeness (QED) is 0.711. The zero-order valence-corrected chi connectivity index (χ0v) is 7.93. The van der Waals surface area contributed by atoms with Crippen LogP contribution >= 0.6 is 10.7 Å². The van der Waals surface area contributed by atoms with Crippen molar-refractivity contribution < 1.29 is 17.9 Å². The van der Waals surface area contributed by atoms with Gasteiger partial charge in [-0.1, -0.05) is 0 Å². The van der Waals surface area contributed by atoms with Crippen molar-refractivity contribution in [1.82, 2.24) is 0 Å². The molecule has 13 heavy (non-hydrogen) atoms. The molecule has 0 fully saturated rings. The van der Waals surface area contributed by atoms with Crippen molar-refractivity contribution in [3.8, 4) is 17.2 Å². The van der Waals surface area contributed by atoms with E-state index >= 15 is 0 Å². The van der Waals surface area contributed by atoms with Crippen LogP contribution in [-0.2, 0) is 10.3 Å². The molecule has 0 bridgehead atoms. The van der Waals surface area contributed by atoms with E-state index in [1.54, 1.807) is 18.2 Å². The fourth-order valence-corrected chi connectivity index (χ4v) is 1.48. The molecule has 0 amide bonds. The van der Waals surface area contributed by atoms with Crippen LogP contribution in [0.4, 0.5) is 0 Å². The van der Waals surface area contributed by atoms with Gasteiger partial charge in [-0.3, -0.25) is 0 Å². The highest BCUT2D eigenvalue weighted by Crippen LogP contribution is 2.35. The third-order valence-electron chi connectivity index (χ3n) is 1.51. The number of halogens is 1. The normalized spacial score (nSPS) is 15.5. The highest BCUT2D eigenvalue weighted by Gasteiger charge is 2.14. The maximum Gasteiger partial charge on any atom is 0.308 e. The molecular formula is C7H5ClO4S. The molecule has 0 saturated heterocycles. The van der Waals surface area contributed by atoms with E-state index in [4.69, 9.17) is 24.3 Å². The van der Waals surface area contributed by atoms with Crippen molar-refractivity contribution in [2.45, 2.75) is 0 Å². The first kappa shape index (κ1) is 8.65. The maximum absolute atomic E-state index is 10.5. The molecule has 1 atom stereocenters. The van der Waals surface area contributed by atoms with E-state index in [9.17, 15) is 4.21 Å². The molecule has 1 heterocycles. The molecule has 1 aliphatic heterocycles. The summed E-state index contributed by atoms with van der Waals surface area (Å²) in [6, 6.07) is 4.85. The summed E-state index contributed by atoms with van der Waals surface area (Å²) in [7, 11) is 3.30. The van der Waals surface area contributed by atoms with E-state index in [-0.39, 0.29) is 6.79 Å². The maximum atomic E-state index is 10.5. The molecule has 0 aliphatic carbocycles. The summed E-state index contributed by atoms with van der Waals surface area (Å²) < 4.78 is 25.4. The third kappa shape index (κ3) is 1.87. The molecule has 70 valence electrons. The molecular weight excluding hydrogens is 216 g/mol. The van der Waals surface area contributed by atoms with Crippen LogP contribution in [0.15, 0.2) is 18.2 Å². The molecule has 0 radical (unpaired) electrons. The third-order valence-corrected chi connectivity index (χ3v) is 2.02. The number of hydrogen-bond acceptors (Lipinski definition) is 4. The fourth-order valence-electron chi connectivity index (χ4n) is 1.00. The Kier molecular flexibility index (Phi) is 2.28. The van der Waals surface area contributed by atoms with Gasteiger partial charge in [-0.25, -0.2) is 0 Å². The summed E-state index contributed by atoms with van der Waals surface area (Å²) in [4.78, 5) is 0. The number of hydrogen-bond donors (Lipinski definition) is 0. The molecule has 4 nitrogen and oxygen atoms in total. The van der Waals surface area contributed by atoms with Crippen LogP contribution in [0.5, 0.6) is 17.2 Å². The summed E-state index contributed by atoms with van der Waals surface area (Å²) in [5, 5.41) is 0. The zero-order chi connectivity index (χ0) is 9.26. The smallest absolute Gasteiger partial charge is 0.308 e. The van der Waals surface area contributed by atoms with E-state index in [2.05, 4.69) is 0 Å². The van der Waals surface area contributed by atoms with E-state index in [0.717, 1.165) is 0 Å². The first-order valence-electron chi connectivity index (χ1n) is 3.42. The molecule has 0 spiro atoms. The van der Waals surface area contributed by atoms with E-state index in [1.807, 2.05) is 0 Å². The molecule has 1 aliphatic rings. The largest absolute Gasteiger partial charge is 0.454 e. The highest BCUT2D eigenvalue weighted by molar-refractivity contribution is 8.04.